The first-order valence-electron chi connectivity index (χ1n) is 16.8. The first kappa shape index (κ1) is 31.7. The zero-order chi connectivity index (χ0) is 33.2. The van der Waals surface area contributed by atoms with E-state index in [1.165, 1.54) is 66.1 Å². The number of benzene rings is 5. The molecule has 5 aromatic carbocycles. The van der Waals surface area contributed by atoms with Crippen LogP contribution in [0.5, 0.6) is 0 Å². The molecule has 0 bridgehead atoms. The van der Waals surface area contributed by atoms with E-state index in [1.54, 1.807) is 6.20 Å². The van der Waals surface area contributed by atoms with Gasteiger partial charge in [-0.3, -0.25) is 0 Å². The van der Waals surface area contributed by atoms with Crippen LogP contribution in [0.25, 0.3) is 67.4 Å². The summed E-state index contributed by atoms with van der Waals surface area (Å²) in [5, 5.41) is 3.75. The lowest BCUT2D eigenvalue weighted by Gasteiger charge is -2.16. The molecule has 0 fully saturated rings. The van der Waals surface area contributed by atoms with E-state index < -0.39 is 0 Å². The highest BCUT2D eigenvalue weighted by molar-refractivity contribution is 6.11. The molecular formula is C44H45N3. The highest BCUT2D eigenvalue weighted by atomic mass is 15.0. The second kappa shape index (κ2) is 13.2. The molecule has 3 heteroatoms. The molecule has 7 rings (SSSR count). The zero-order valence-corrected chi connectivity index (χ0v) is 28.7. The van der Waals surface area contributed by atoms with Crippen molar-refractivity contribution in [1.29, 1.82) is 0 Å². The fourth-order valence-corrected chi connectivity index (χ4v) is 6.99. The molecule has 0 saturated heterocycles. The van der Waals surface area contributed by atoms with Crippen LogP contribution >= 0.6 is 0 Å². The highest BCUT2D eigenvalue weighted by Crippen LogP contribution is 2.40. The number of allylic oxidation sites excluding steroid dienone is 1. The van der Waals surface area contributed by atoms with E-state index in [0.29, 0.717) is 0 Å². The number of fused-ring (bicyclic) bond motifs is 4. The summed E-state index contributed by atoms with van der Waals surface area (Å²) in [6.07, 6.45) is 9.16. The van der Waals surface area contributed by atoms with Gasteiger partial charge in [0.25, 0.3) is 0 Å². The smallest absolute Gasteiger partial charge is 0.0547 e. The number of para-hydroxylation sites is 2. The van der Waals surface area contributed by atoms with Gasteiger partial charge in [-0.05, 0) is 134 Å². The first-order valence-corrected chi connectivity index (χ1v) is 16.8. The lowest BCUT2D eigenvalue weighted by molar-refractivity contribution is 1.09. The van der Waals surface area contributed by atoms with Crippen LogP contribution in [0.2, 0.25) is 0 Å². The van der Waals surface area contributed by atoms with Crippen molar-refractivity contribution in [3.63, 3.8) is 0 Å². The van der Waals surface area contributed by atoms with E-state index in [1.807, 2.05) is 19.9 Å². The van der Waals surface area contributed by atoms with Gasteiger partial charge in [0.1, 0.15) is 0 Å². The molecular weight excluding hydrogens is 571 g/mol. The number of hydrogen-bond acceptors (Lipinski definition) is 1. The molecule has 2 N–H and O–H groups in total. The molecule has 0 unspecified atom stereocenters. The van der Waals surface area contributed by atoms with Crippen LogP contribution in [0.1, 0.15) is 60.7 Å². The third kappa shape index (κ3) is 5.36. The number of aromatic nitrogens is 2. The van der Waals surface area contributed by atoms with Crippen molar-refractivity contribution < 1.29 is 0 Å². The van der Waals surface area contributed by atoms with Gasteiger partial charge < -0.3 is 14.9 Å². The van der Waals surface area contributed by atoms with Gasteiger partial charge in [0.05, 0.1) is 22.2 Å². The van der Waals surface area contributed by atoms with Crippen LogP contribution in [0.15, 0.2) is 109 Å². The van der Waals surface area contributed by atoms with Crippen molar-refractivity contribution in [3.8, 4) is 22.5 Å². The van der Waals surface area contributed by atoms with E-state index in [9.17, 15) is 0 Å². The van der Waals surface area contributed by atoms with Crippen molar-refractivity contribution in [2.45, 2.75) is 54.9 Å². The minimum absolute atomic E-state index is 1.04. The van der Waals surface area contributed by atoms with E-state index in [-0.39, 0.29) is 0 Å². The quantitative estimate of drug-likeness (QED) is 0.198. The summed E-state index contributed by atoms with van der Waals surface area (Å²) in [6.45, 7) is 15.1. The third-order valence-electron chi connectivity index (χ3n) is 9.45. The van der Waals surface area contributed by atoms with Gasteiger partial charge in [0.15, 0.2) is 0 Å². The summed E-state index contributed by atoms with van der Waals surface area (Å²) >= 11 is 0. The Morgan fingerprint density at radius 3 is 2.04 bits per heavy atom. The molecule has 0 aliphatic carbocycles. The van der Waals surface area contributed by atoms with Crippen LogP contribution in [-0.2, 0) is 0 Å². The van der Waals surface area contributed by atoms with Crippen molar-refractivity contribution >= 4 is 44.9 Å². The van der Waals surface area contributed by atoms with Crippen molar-refractivity contribution in [1.82, 2.24) is 9.13 Å². The van der Waals surface area contributed by atoms with E-state index >= 15 is 0 Å². The van der Waals surface area contributed by atoms with Crippen LogP contribution < -0.4 is 5.73 Å². The largest absolute Gasteiger partial charge is 0.405 e. The summed E-state index contributed by atoms with van der Waals surface area (Å²) in [6, 6.07) is 35.5. The predicted molar refractivity (Wildman–Crippen MR) is 206 cm³/mol. The maximum Gasteiger partial charge on any atom is 0.0547 e. The molecule has 3 nitrogen and oxygen atoms in total. The third-order valence-corrected chi connectivity index (χ3v) is 9.45. The monoisotopic (exact) mass is 615 g/mol. The Bertz CT molecular complexity index is 2290. The maximum atomic E-state index is 5.95. The molecule has 0 aliphatic rings. The normalized spacial score (nSPS) is 11.7. The van der Waals surface area contributed by atoms with Gasteiger partial charge in [-0.1, -0.05) is 81.5 Å². The number of nitrogens with zero attached hydrogens (tertiary/aromatic N) is 2. The lowest BCUT2D eigenvalue weighted by atomic mass is 9.90. The molecule has 2 aromatic heterocycles. The van der Waals surface area contributed by atoms with Gasteiger partial charge in [-0.25, -0.2) is 0 Å². The summed E-state index contributed by atoms with van der Waals surface area (Å²) in [5.41, 5.74) is 21.9. The Hall–Kier alpha value is -5.28. The summed E-state index contributed by atoms with van der Waals surface area (Å²) in [7, 11) is 0. The molecule has 0 spiro atoms. The van der Waals surface area contributed by atoms with Gasteiger partial charge in [-0.15, -0.1) is 0 Å². The maximum absolute atomic E-state index is 5.95. The van der Waals surface area contributed by atoms with Gasteiger partial charge >= 0.3 is 0 Å². The SMILES string of the molecule is CC.CC/C=C\c1ccc(-c2cc3c(cc2C)c2ccccc2n3-c2ccc3c(c2)c(C)c(/C=C\N)n3-c2ccccc2)c(C)c1C. The lowest BCUT2D eigenvalue weighted by Crippen LogP contribution is -1.98. The van der Waals surface area contributed by atoms with Crippen molar-refractivity contribution in [3.05, 3.63) is 143 Å². The fourth-order valence-electron chi connectivity index (χ4n) is 6.99. The average Bonchev–Trinajstić information content (AvgIpc) is 3.57. The van der Waals surface area contributed by atoms with Crippen LogP contribution in [0.3, 0.4) is 0 Å². The summed E-state index contributed by atoms with van der Waals surface area (Å²) in [4.78, 5) is 0. The number of nitrogens with two attached hydrogens (primary N) is 1. The average molecular weight is 616 g/mol. The van der Waals surface area contributed by atoms with Crippen LogP contribution in [0, 0.1) is 27.7 Å². The number of aryl methyl sites for hydroxylation is 2. The standard InChI is InChI=1S/C42H39N3.C2H6/c1-6-7-13-31-18-20-34(29(4)28(31)3)36-26-42-38(24-27(36)2)35-16-11-12-17-40(35)45(42)33-19-21-41-37(25-33)30(5)39(22-23-43)44(41)32-14-9-8-10-15-32;1-2/h7-26H,6,43H2,1-5H3;1-2H3/b13-7-,23-22-;. The van der Waals surface area contributed by atoms with E-state index in [0.717, 1.165) is 29.0 Å². The molecule has 47 heavy (non-hydrogen) atoms. The molecule has 0 saturated carbocycles. The Morgan fingerprint density at radius 2 is 1.30 bits per heavy atom. The van der Waals surface area contributed by atoms with E-state index in [2.05, 4.69) is 153 Å². The number of hydrogen-bond donors (Lipinski definition) is 1. The van der Waals surface area contributed by atoms with Gasteiger partial charge in [0, 0.05) is 27.5 Å². The van der Waals surface area contributed by atoms with Gasteiger partial charge in [0.2, 0.25) is 0 Å². The van der Waals surface area contributed by atoms with Crippen molar-refractivity contribution in [2.24, 2.45) is 5.73 Å². The minimum atomic E-state index is 1.04. The van der Waals surface area contributed by atoms with Crippen LogP contribution in [-0.4, -0.2) is 9.13 Å². The molecule has 0 amide bonds. The van der Waals surface area contributed by atoms with Crippen LogP contribution in [0.4, 0.5) is 0 Å². The molecule has 0 radical (unpaired) electrons. The van der Waals surface area contributed by atoms with E-state index in [4.69, 9.17) is 5.73 Å². The Kier molecular flexibility index (Phi) is 8.91. The number of rotatable bonds is 6. The zero-order valence-electron chi connectivity index (χ0n) is 28.7. The molecule has 0 aliphatic heterocycles. The second-order valence-corrected chi connectivity index (χ2v) is 12.0. The second-order valence-electron chi connectivity index (χ2n) is 12.0. The predicted octanol–water partition coefficient (Wildman–Crippen LogP) is 12.0. The summed E-state index contributed by atoms with van der Waals surface area (Å²) in [5.74, 6) is 0. The van der Waals surface area contributed by atoms with Crippen molar-refractivity contribution in [2.75, 3.05) is 0 Å². The Morgan fingerprint density at radius 1 is 0.574 bits per heavy atom. The molecule has 236 valence electrons. The molecule has 0 atom stereocenters. The minimum Gasteiger partial charge on any atom is -0.405 e. The summed E-state index contributed by atoms with van der Waals surface area (Å²) < 4.78 is 4.74. The Labute approximate surface area is 279 Å². The Balaban J connectivity index is 0.00000190. The highest BCUT2D eigenvalue weighted by Gasteiger charge is 2.19. The molecule has 2 heterocycles. The fraction of sp³-hybridized carbons (Fsp3) is 0.182. The first-order chi connectivity index (χ1) is 22.9. The topological polar surface area (TPSA) is 35.9 Å². The van der Waals surface area contributed by atoms with Gasteiger partial charge in [-0.2, -0.15) is 0 Å². The molecule has 7 aromatic rings.